The lowest BCUT2D eigenvalue weighted by Gasteiger charge is -2.41. The van der Waals surface area contributed by atoms with Crippen LogP contribution in [0.5, 0.6) is 0 Å². The summed E-state index contributed by atoms with van der Waals surface area (Å²) in [6.07, 6.45) is -12.9. The molecule has 4 saturated carbocycles. The quantitative estimate of drug-likeness (QED) is 0.466. The lowest BCUT2D eigenvalue weighted by molar-refractivity contribution is -0.374. The Morgan fingerprint density at radius 1 is 1.08 bits per heavy atom. The van der Waals surface area contributed by atoms with E-state index < -0.39 is 48.3 Å². The van der Waals surface area contributed by atoms with Crippen molar-refractivity contribution in [2.75, 3.05) is 0 Å². The van der Waals surface area contributed by atoms with Crippen LogP contribution in [-0.2, 0) is 9.53 Å². The highest BCUT2D eigenvalue weighted by Crippen LogP contribution is 2.72. The fraction of sp³-hybridized carbons (Fsp3) is 0.812. The first kappa shape index (κ1) is 18.5. The molecular weight excluding hydrogens is 354 g/mol. The van der Waals surface area contributed by atoms with Gasteiger partial charge in [-0.2, -0.15) is 26.3 Å². The first-order valence-electron chi connectivity index (χ1n) is 8.00. The molecule has 0 aromatic carbocycles. The van der Waals surface area contributed by atoms with E-state index in [0.29, 0.717) is 12.8 Å². The standard InChI is InChI=1S/C16H18F6O3/c1-6(2)13(23)25-11-4-9-8-3-7(11)10(12(8)9)5-14(24,15(17,18)19)16(20,21)22/h7-12,24H,1,3-5H2,2H3. The average molecular weight is 372 g/mol. The molecule has 4 aliphatic carbocycles. The fourth-order valence-electron chi connectivity index (χ4n) is 4.81. The first-order chi connectivity index (χ1) is 11.3. The minimum absolute atomic E-state index is 0.0383. The summed E-state index contributed by atoms with van der Waals surface area (Å²) in [6, 6.07) is 0. The van der Waals surface area contributed by atoms with Crippen molar-refractivity contribution in [2.24, 2.45) is 29.6 Å². The molecule has 4 bridgehead atoms. The van der Waals surface area contributed by atoms with Crippen molar-refractivity contribution >= 4 is 5.97 Å². The van der Waals surface area contributed by atoms with Crippen LogP contribution in [0.1, 0.15) is 26.2 Å². The third-order valence-electron chi connectivity index (χ3n) is 6.04. The monoisotopic (exact) mass is 372 g/mol. The summed E-state index contributed by atoms with van der Waals surface area (Å²) in [5.74, 6) is -2.50. The van der Waals surface area contributed by atoms with E-state index in [1.165, 1.54) is 6.92 Å². The second-order valence-electron chi connectivity index (χ2n) is 7.49. The second-order valence-corrected chi connectivity index (χ2v) is 7.49. The van der Waals surface area contributed by atoms with Crippen LogP contribution in [0.4, 0.5) is 26.3 Å². The number of hydrogen-bond donors (Lipinski definition) is 1. The van der Waals surface area contributed by atoms with E-state index in [4.69, 9.17) is 4.74 Å². The molecule has 0 aromatic rings. The SMILES string of the molecule is C=C(C)C(=O)OC1CC2C3CC1C(CC(O)(C(F)(F)F)C(F)(F)F)C23. The number of hydrogen-bond acceptors (Lipinski definition) is 3. The van der Waals surface area contributed by atoms with Crippen LogP contribution in [-0.4, -0.2) is 35.1 Å². The lowest BCUT2D eigenvalue weighted by Crippen LogP contribution is -2.58. The van der Waals surface area contributed by atoms with Gasteiger partial charge in [0.05, 0.1) is 0 Å². The number of carbonyl (C=O) groups excluding carboxylic acids is 1. The number of carbonyl (C=O) groups is 1. The molecule has 6 atom stereocenters. The van der Waals surface area contributed by atoms with Gasteiger partial charge >= 0.3 is 18.3 Å². The van der Waals surface area contributed by atoms with Crippen molar-refractivity contribution in [2.45, 2.75) is 50.2 Å². The van der Waals surface area contributed by atoms with Gasteiger partial charge in [0.1, 0.15) is 6.10 Å². The molecular formula is C16H18F6O3. The van der Waals surface area contributed by atoms with E-state index in [2.05, 4.69) is 6.58 Å². The average Bonchev–Trinajstić information content (AvgIpc) is 3.03. The zero-order valence-corrected chi connectivity index (χ0v) is 13.3. The number of ether oxygens (including phenoxy) is 1. The molecule has 4 aliphatic rings. The van der Waals surface area contributed by atoms with Gasteiger partial charge in [-0.25, -0.2) is 4.79 Å². The van der Waals surface area contributed by atoms with Crippen LogP contribution in [0.15, 0.2) is 12.2 Å². The highest BCUT2D eigenvalue weighted by molar-refractivity contribution is 5.87. The second kappa shape index (κ2) is 5.37. The fourth-order valence-corrected chi connectivity index (χ4v) is 4.81. The molecule has 0 radical (unpaired) electrons. The summed E-state index contributed by atoms with van der Waals surface area (Å²) in [5, 5.41) is 9.49. The van der Waals surface area contributed by atoms with Gasteiger partial charge in [-0.3, -0.25) is 0 Å². The Morgan fingerprint density at radius 2 is 1.60 bits per heavy atom. The minimum Gasteiger partial charge on any atom is -0.459 e. The summed E-state index contributed by atoms with van der Waals surface area (Å²) in [5.41, 5.74) is -4.63. The smallest absolute Gasteiger partial charge is 0.426 e. The third-order valence-corrected chi connectivity index (χ3v) is 6.04. The van der Waals surface area contributed by atoms with Crippen LogP contribution in [0.25, 0.3) is 0 Å². The van der Waals surface area contributed by atoms with E-state index in [1.54, 1.807) is 0 Å². The predicted octanol–water partition coefficient (Wildman–Crippen LogP) is 3.62. The van der Waals surface area contributed by atoms with Gasteiger partial charge in [0.15, 0.2) is 0 Å². The molecule has 25 heavy (non-hydrogen) atoms. The van der Waals surface area contributed by atoms with Gasteiger partial charge in [-0.05, 0) is 55.8 Å². The molecule has 3 nitrogen and oxygen atoms in total. The highest BCUT2D eigenvalue weighted by Gasteiger charge is 2.75. The summed E-state index contributed by atoms with van der Waals surface area (Å²) < 4.78 is 83.1. The Kier molecular flexibility index (Phi) is 3.99. The number of alkyl halides is 6. The maximum Gasteiger partial charge on any atom is 0.426 e. The van der Waals surface area contributed by atoms with Gasteiger partial charge in [-0.1, -0.05) is 6.58 Å². The molecule has 0 saturated heterocycles. The molecule has 0 spiro atoms. The normalized spacial score (nSPS) is 37.0. The van der Waals surface area contributed by atoms with Crippen molar-refractivity contribution in [3.8, 4) is 0 Å². The van der Waals surface area contributed by atoms with Gasteiger partial charge in [0, 0.05) is 5.57 Å². The highest BCUT2D eigenvalue weighted by atomic mass is 19.4. The molecule has 0 heterocycles. The molecule has 0 aromatic heterocycles. The molecule has 0 amide bonds. The van der Waals surface area contributed by atoms with Crippen molar-refractivity contribution in [1.82, 2.24) is 0 Å². The van der Waals surface area contributed by atoms with Crippen molar-refractivity contribution in [1.29, 1.82) is 0 Å². The molecule has 6 unspecified atom stereocenters. The van der Waals surface area contributed by atoms with Gasteiger partial charge < -0.3 is 9.84 Å². The zero-order chi connectivity index (χ0) is 18.9. The Hall–Kier alpha value is -1.25. The Balaban J connectivity index is 1.81. The largest absolute Gasteiger partial charge is 0.459 e. The summed E-state index contributed by atoms with van der Waals surface area (Å²) >= 11 is 0. The predicted molar refractivity (Wildman–Crippen MR) is 73.1 cm³/mol. The molecule has 9 heteroatoms. The van der Waals surface area contributed by atoms with E-state index in [0.717, 1.165) is 0 Å². The van der Waals surface area contributed by atoms with Crippen LogP contribution in [0.2, 0.25) is 0 Å². The number of fused-ring (bicyclic) bond motifs is 1. The Bertz CT molecular complexity index is 582. The number of rotatable bonds is 4. The maximum absolute atomic E-state index is 13.0. The summed E-state index contributed by atoms with van der Waals surface area (Å²) in [6.45, 7) is 4.83. The van der Waals surface area contributed by atoms with Gasteiger partial charge in [0.25, 0.3) is 5.60 Å². The van der Waals surface area contributed by atoms with Gasteiger partial charge in [-0.15, -0.1) is 0 Å². The van der Waals surface area contributed by atoms with E-state index >= 15 is 0 Å². The summed E-state index contributed by atoms with van der Waals surface area (Å²) in [4.78, 5) is 11.7. The third kappa shape index (κ3) is 2.74. The van der Waals surface area contributed by atoms with E-state index in [1.807, 2.05) is 0 Å². The number of halogens is 6. The van der Waals surface area contributed by atoms with Crippen LogP contribution in [0, 0.1) is 29.6 Å². The summed E-state index contributed by atoms with van der Waals surface area (Å²) in [7, 11) is 0. The molecule has 4 fully saturated rings. The molecule has 142 valence electrons. The lowest BCUT2D eigenvalue weighted by atomic mass is 9.71. The number of esters is 1. The van der Waals surface area contributed by atoms with Crippen LogP contribution >= 0.6 is 0 Å². The Labute approximate surface area is 140 Å². The topological polar surface area (TPSA) is 46.5 Å². The Morgan fingerprint density at radius 3 is 2.04 bits per heavy atom. The van der Waals surface area contributed by atoms with Gasteiger partial charge in [0.2, 0.25) is 0 Å². The van der Waals surface area contributed by atoms with Crippen LogP contribution < -0.4 is 0 Å². The van der Waals surface area contributed by atoms with E-state index in [-0.39, 0.29) is 23.3 Å². The first-order valence-corrected chi connectivity index (χ1v) is 8.00. The van der Waals surface area contributed by atoms with E-state index in [9.17, 15) is 36.2 Å². The molecule has 0 aliphatic heterocycles. The van der Waals surface area contributed by atoms with Crippen molar-refractivity contribution in [3.05, 3.63) is 12.2 Å². The minimum atomic E-state index is -5.82. The van der Waals surface area contributed by atoms with Crippen molar-refractivity contribution in [3.63, 3.8) is 0 Å². The van der Waals surface area contributed by atoms with Crippen molar-refractivity contribution < 1.29 is 41.0 Å². The molecule has 1 N–H and O–H groups in total. The number of aliphatic hydroxyl groups is 1. The molecule has 4 rings (SSSR count). The maximum atomic E-state index is 13.0. The van der Waals surface area contributed by atoms with Crippen LogP contribution in [0.3, 0.4) is 0 Å². The zero-order valence-electron chi connectivity index (χ0n) is 13.3.